The minimum Gasteiger partial charge on any atom is -0.339 e. The Bertz CT molecular complexity index is 1090. The first-order chi connectivity index (χ1) is 13.8. The summed E-state index contributed by atoms with van der Waals surface area (Å²) in [6.45, 7) is 0.284. The van der Waals surface area contributed by atoms with E-state index >= 15 is 0 Å². The van der Waals surface area contributed by atoms with Gasteiger partial charge in [0.25, 0.3) is 5.91 Å². The molecule has 0 bridgehead atoms. The molecule has 2 aromatic carbocycles. The zero-order chi connectivity index (χ0) is 19.2. The summed E-state index contributed by atoms with van der Waals surface area (Å²) in [5.74, 6) is 0.0843. The van der Waals surface area contributed by atoms with Crippen molar-refractivity contribution >= 4 is 28.2 Å². The highest BCUT2D eigenvalue weighted by molar-refractivity contribution is 6.01. The Labute approximate surface area is 162 Å². The molecule has 0 saturated heterocycles. The van der Waals surface area contributed by atoms with Gasteiger partial charge in [-0.3, -0.25) is 14.6 Å². The summed E-state index contributed by atoms with van der Waals surface area (Å²) < 4.78 is 0. The van der Waals surface area contributed by atoms with Crippen molar-refractivity contribution in [2.75, 3.05) is 5.32 Å². The summed E-state index contributed by atoms with van der Waals surface area (Å²) in [5.41, 5.74) is 4.69. The van der Waals surface area contributed by atoms with Crippen LogP contribution >= 0.6 is 0 Å². The van der Waals surface area contributed by atoms with Gasteiger partial charge in [-0.25, -0.2) is 10.5 Å². The van der Waals surface area contributed by atoms with E-state index in [1.807, 2.05) is 54.6 Å². The van der Waals surface area contributed by atoms with E-state index in [2.05, 4.69) is 20.8 Å². The van der Waals surface area contributed by atoms with Gasteiger partial charge in [0.1, 0.15) is 5.82 Å². The minimum atomic E-state index is -0.367. The molecule has 0 radical (unpaired) electrons. The summed E-state index contributed by atoms with van der Waals surface area (Å²) in [6.07, 6.45) is 5.16. The number of carbonyl (C=O) groups is 1. The van der Waals surface area contributed by atoms with Crippen molar-refractivity contribution in [1.82, 2.24) is 15.4 Å². The van der Waals surface area contributed by atoms with Crippen LogP contribution in [0.5, 0.6) is 0 Å². The summed E-state index contributed by atoms with van der Waals surface area (Å²) in [5, 5.41) is 5.25. The molecular formula is C22H18N4O2. The standard InChI is InChI=1S/C22H18N4O2/c27-22(26-28-15-16-6-2-1-3-7-16)19-9-5-12-24-21(19)25-20-10-4-8-17-14-23-13-11-18(17)20/h1-14H,15H2,(H,24,25)(H,26,27). The monoisotopic (exact) mass is 370 g/mol. The molecule has 0 aliphatic rings. The molecule has 6 nitrogen and oxygen atoms in total. The first kappa shape index (κ1) is 17.6. The summed E-state index contributed by atoms with van der Waals surface area (Å²) in [6, 6.07) is 20.8. The van der Waals surface area contributed by atoms with Crippen LogP contribution in [0.25, 0.3) is 10.8 Å². The topological polar surface area (TPSA) is 76.1 Å². The lowest BCUT2D eigenvalue weighted by molar-refractivity contribution is 0.0234. The quantitative estimate of drug-likeness (QED) is 0.497. The number of benzene rings is 2. The van der Waals surface area contributed by atoms with E-state index < -0.39 is 0 Å². The maximum Gasteiger partial charge on any atom is 0.278 e. The van der Waals surface area contributed by atoms with Gasteiger partial charge in [0.15, 0.2) is 0 Å². The Morgan fingerprint density at radius 3 is 2.71 bits per heavy atom. The van der Waals surface area contributed by atoms with Gasteiger partial charge in [-0.15, -0.1) is 0 Å². The molecule has 0 saturated carbocycles. The molecule has 0 atom stereocenters. The molecule has 2 aromatic heterocycles. The van der Waals surface area contributed by atoms with Gasteiger partial charge in [0, 0.05) is 35.1 Å². The number of nitrogens with one attached hydrogen (secondary N) is 2. The summed E-state index contributed by atoms with van der Waals surface area (Å²) >= 11 is 0. The predicted molar refractivity (Wildman–Crippen MR) is 108 cm³/mol. The molecule has 4 rings (SSSR count). The molecule has 0 aliphatic carbocycles. The van der Waals surface area contributed by atoms with Gasteiger partial charge in [0.2, 0.25) is 0 Å². The van der Waals surface area contributed by atoms with E-state index in [1.165, 1.54) is 0 Å². The number of anilines is 2. The highest BCUT2D eigenvalue weighted by atomic mass is 16.6. The number of aromatic nitrogens is 2. The molecule has 28 heavy (non-hydrogen) atoms. The number of fused-ring (bicyclic) bond motifs is 1. The number of carbonyl (C=O) groups excluding carboxylic acids is 1. The van der Waals surface area contributed by atoms with Crippen LogP contribution in [0, 0.1) is 0 Å². The van der Waals surface area contributed by atoms with Crippen molar-refractivity contribution < 1.29 is 9.63 Å². The molecule has 4 aromatic rings. The SMILES string of the molecule is O=C(NOCc1ccccc1)c1cccnc1Nc1cccc2cnccc12. The van der Waals surface area contributed by atoms with Crippen LogP contribution in [0.15, 0.2) is 85.3 Å². The highest BCUT2D eigenvalue weighted by Gasteiger charge is 2.13. The van der Waals surface area contributed by atoms with Crippen molar-refractivity contribution in [3.8, 4) is 0 Å². The highest BCUT2D eigenvalue weighted by Crippen LogP contribution is 2.26. The predicted octanol–water partition coefficient (Wildman–Crippen LogP) is 4.24. The molecular weight excluding hydrogens is 352 g/mol. The molecule has 6 heteroatoms. The second-order valence-corrected chi connectivity index (χ2v) is 6.13. The maximum atomic E-state index is 12.6. The lowest BCUT2D eigenvalue weighted by atomic mass is 10.1. The van der Waals surface area contributed by atoms with Gasteiger partial charge >= 0.3 is 0 Å². The van der Waals surface area contributed by atoms with Crippen molar-refractivity contribution in [2.45, 2.75) is 6.61 Å². The largest absolute Gasteiger partial charge is 0.339 e. The van der Waals surface area contributed by atoms with Crippen molar-refractivity contribution in [3.63, 3.8) is 0 Å². The van der Waals surface area contributed by atoms with E-state index in [-0.39, 0.29) is 12.5 Å². The van der Waals surface area contributed by atoms with Crippen LogP contribution in [0.3, 0.4) is 0 Å². The van der Waals surface area contributed by atoms with Crippen LogP contribution in [0.1, 0.15) is 15.9 Å². The molecule has 1 amide bonds. The van der Waals surface area contributed by atoms with Crippen LogP contribution in [0.2, 0.25) is 0 Å². The average Bonchev–Trinajstić information content (AvgIpc) is 2.75. The second kappa shape index (κ2) is 8.28. The van der Waals surface area contributed by atoms with Crippen LogP contribution in [-0.2, 0) is 11.4 Å². The normalized spacial score (nSPS) is 10.6. The molecule has 0 fully saturated rings. The number of amides is 1. The third kappa shape index (κ3) is 3.97. The Morgan fingerprint density at radius 2 is 1.82 bits per heavy atom. The molecule has 0 spiro atoms. The number of nitrogens with zero attached hydrogens (tertiary/aromatic N) is 2. The van der Waals surface area contributed by atoms with E-state index in [1.54, 1.807) is 30.7 Å². The Morgan fingerprint density at radius 1 is 0.929 bits per heavy atom. The van der Waals surface area contributed by atoms with Crippen LogP contribution in [0.4, 0.5) is 11.5 Å². The number of pyridine rings is 2. The zero-order valence-electron chi connectivity index (χ0n) is 15.0. The second-order valence-electron chi connectivity index (χ2n) is 6.13. The minimum absolute atomic E-state index is 0.284. The van der Waals surface area contributed by atoms with Gasteiger partial charge in [-0.2, -0.15) is 0 Å². The van der Waals surface area contributed by atoms with E-state index in [4.69, 9.17) is 4.84 Å². The molecule has 138 valence electrons. The van der Waals surface area contributed by atoms with Crippen molar-refractivity contribution in [3.05, 3.63) is 96.4 Å². The third-order valence-electron chi connectivity index (χ3n) is 4.23. The number of hydrogen-bond acceptors (Lipinski definition) is 5. The number of rotatable bonds is 6. The van der Waals surface area contributed by atoms with Crippen molar-refractivity contribution in [1.29, 1.82) is 0 Å². The first-order valence-electron chi connectivity index (χ1n) is 8.82. The number of hydroxylamine groups is 1. The average molecular weight is 370 g/mol. The lowest BCUT2D eigenvalue weighted by Crippen LogP contribution is -2.24. The summed E-state index contributed by atoms with van der Waals surface area (Å²) in [4.78, 5) is 26.4. The fraction of sp³-hybridized carbons (Fsp3) is 0.0455. The fourth-order valence-corrected chi connectivity index (χ4v) is 2.86. The Kier molecular flexibility index (Phi) is 5.22. The van der Waals surface area contributed by atoms with Gasteiger partial charge in [0.05, 0.1) is 12.2 Å². The molecule has 2 heterocycles. The van der Waals surface area contributed by atoms with E-state index in [9.17, 15) is 4.79 Å². The maximum absolute atomic E-state index is 12.6. The molecule has 0 unspecified atom stereocenters. The third-order valence-corrected chi connectivity index (χ3v) is 4.23. The number of hydrogen-bond donors (Lipinski definition) is 2. The van der Waals surface area contributed by atoms with E-state index in [0.29, 0.717) is 11.4 Å². The van der Waals surface area contributed by atoms with Gasteiger partial charge < -0.3 is 5.32 Å². The Balaban J connectivity index is 1.51. The van der Waals surface area contributed by atoms with Crippen molar-refractivity contribution in [2.24, 2.45) is 0 Å². The van der Waals surface area contributed by atoms with E-state index in [0.717, 1.165) is 22.0 Å². The Hall–Kier alpha value is -3.77. The summed E-state index contributed by atoms with van der Waals surface area (Å²) in [7, 11) is 0. The first-order valence-corrected chi connectivity index (χ1v) is 8.82. The van der Waals surface area contributed by atoms with Gasteiger partial charge in [-0.1, -0.05) is 42.5 Å². The fourth-order valence-electron chi connectivity index (χ4n) is 2.86. The van der Waals surface area contributed by atoms with Crippen LogP contribution < -0.4 is 10.8 Å². The lowest BCUT2D eigenvalue weighted by Gasteiger charge is -2.13. The zero-order valence-corrected chi connectivity index (χ0v) is 15.0. The molecule has 0 aliphatic heterocycles. The smallest absolute Gasteiger partial charge is 0.278 e. The van der Waals surface area contributed by atoms with Crippen LogP contribution in [-0.4, -0.2) is 15.9 Å². The van der Waals surface area contributed by atoms with Gasteiger partial charge in [-0.05, 0) is 29.8 Å². The molecule has 2 N–H and O–H groups in total.